The number of nitrogens with one attached hydrogen (secondary N) is 1. The lowest BCUT2D eigenvalue weighted by molar-refractivity contribution is -0.140. The number of benzene rings is 3. The number of sulfonamides is 1. The van der Waals surface area contributed by atoms with Crippen LogP contribution in [-0.4, -0.2) is 43.8 Å². The van der Waals surface area contributed by atoms with E-state index < -0.39 is 28.5 Å². The van der Waals surface area contributed by atoms with Crippen molar-refractivity contribution in [2.24, 2.45) is 0 Å². The minimum absolute atomic E-state index is 0.0532. The summed E-state index contributed by atoms with van der Waals surface area (Å²) in [5, 5.41) is 3.87. The molecule has 0 bridgehead atoms. The van der Waals surface area contributed by atoms with Crippen molar-refractivity contribution < 1.29 is 18.0 Å². The molecule has 0 saturated heterocycles. The first-order valence-corrected chi connectivity index (χ1v) is 17.3. The molecular weight excluding hydrogens is 617 g/mol. The maximum Gasteiger partial charge on any atom is 0.264 e. The van der Waals surface area contributed by atoms with Gasteiger partial charge in [0.15, 0.2) is 0 Å². The van der Waals surface area contributed by atoms with Crippen LogP contribution in [0.15, 0.2) is 65.6 Å². The van der Waals surface area contributed by atoms with Crippen LogP contribution in [0.5, 0.6) is 0 Å². The van der Waals surface area contributed by atoms with Crippen molar-refractivity contribution in [2.75, 3.05) is 10.8 Å². The van der Waals surface area contributed by atoms with Gasteiger partial charge in [0.2, 0.25) is 11.8 Å². The Balaban J connectivity index is 1.74. The average molecular weight is 659 g/mol. The quantitative estimate of drug-likeness (QED) is 0.233. The van der Waals surface area contributed by atoms with Crippen molar-refractivity contribution in [2.45, 2.75) is 89.7 Å². The van der Waals surface area contributed by atoms with Crippen LogP contribution in [0.2, 0.25) is 10.0 Å². The van der Waals surface area contributed by atoms with Gasteiger partial charge in [-0.15, -0.1) is 0 Å². The highest BCUT2D eigenvalue weighted by molar-refractivity contribution is 7.92. The van der Waals surface area contributed by atoms with E-state index in [1.54, 1.807) is 54.6 Å². The lowest BCUT2D eigenvalue weighted by Gasteiger charge is -2.34. The van der Waals surface area contributed by atoms with E-state index in [9.17, 15) is 18.0 Å². The molecule has 0 aromatic heterocycles. The molecule has 4 rings (SSSR count). The van der Waals surface area contributed by atoms with Gasteiger partial charge in [-0.1, -0.05) is 79.2 Å². The Morgan fingerprint density at radius 3 is 2.09 bits per heavy atom. The standard InChI is InChI=1S/C34H41Cl2N3O4S/c1-5-32(34(41)37-27-9-7-6-8-10-27)38(21-26-13-16-30(35)31(36)20-26)33(40)22-39(28-18-24(3)17-25(4)19-28)44(42,43)29-14-11-23(2)12-15-29/h11-20,27,32H,5-10,21-22H2,1-4H3,(H,37,41)/t32-/m1/s1. The summed E-state index contributed by atoms with van der Waals surface area (Å²) in [6, 6.07) is 16.3. The third-order valence-corrected chi connectivity index (χ3v) is 10.6. The van der Waals surface area contributed by atoms with E-state index in [1.165, 1.54) is 4.90 Å². The Kier molecular flexibility index (Phi) is 11.4. The molecule has 0 radical (unpaired) electrons. The van der Waals surface area contributed by atoms with Crippen molar-refractivity contribution in [1.82, 2.24) is 10.2 Å². The normalized spacial score (nSPS) is 14.6. The van der Waals surface area contributed by atoms with E-state index in [0.29, 0.717) is 27.7 Å². The van der Waals surface area contributed by atoms with Crippen LogP contribution in [-0.2, 0) is 26.2 Å². The fraction of sp³-hybridized carbons (Fsp3) is 0.412. The molecule has 2 amide bonds. The number of carbonyl (C=O) groups is 2. The summed E-state index contributed by atoms with van der Waals surface area (Å²) in [5.74, 6) is -0.747. The van der Waals surface area contributed by atoms with Crippen LogP contribution in [0.1, 0.15) is 67.7 Å². The second kappa shape index (κ2) is 14.8. The maximum absolute atomic E-state index is 14.4. The number of hydrogen-bond acceptors (Lipinski definition) is 4. The number of aryl methyl sites for hydroxylation is 3. The highest BCUT2D eigenvalue weighted by atomic mass is 35.5. The SMILES string of the molecule is CC[C@H](C(=O)NC1CCCCC1)N(Cc1ccc(Cl)c(Cl)c1)C(=O)CN(c1cc(C)cc(C)c1)S(=O)(=O)c1ccc(C)cc1. The molecule has 1 aliphatic carbocycles. The molecule has 1 aliphatic rings. The molecule has 10 heteroatoms. The van der Waals surface area contributed by atoms with Gasteiger partial charge >= 0.3 is 0 Å². The zero-order valence-corrected chi connectivity index (χ0v) is 28.1. The topological polar surface area (TPSA) is 86.8 Å². The summed E-state index contributed by atoms with van der Waals surface area (Å²) < 4.78 is 29.4. The number of carbonyl (C=O) groups excluding carboxylic acids is 2. The van der Waals surface area contributed by atoms with Crippen molar-refractivity contribution in [3.8, 4) is 0 Å². The molecule has 3 aromatic carbocycles. The van der Waals surface area contributed by atoms with Gasteiger partial charge in [-0.3, -0.25) is 13.9 Å². The summed E-state index contributed by atoms with van der Waals surface area (Å²) in [6.07, 6.45) is 5.40. The second-order valence-electron chi connectivity index (χ2n) is 11.7. The summed E-state index contributed by atoms with van der Waals surface area (Å²) in [5.41, 5.74) is 3.70. The van der Waals surface area contributed by atoms with Crippen LogP contribution < -0.4 is 9.62 Å². The first kappa shape index (κ1) is 33.8. The largest absolute Gasteiger partial charge is 0.352 e. The zero-order valence-electron chi connectivity index (χ0n) is 25.8. The lowest BCUT2D eigenvalue weighted by Crippen LogP contribution is -2.54. The molecule has 236 valence electrons. The van der Waals surface area contributed by atoms with Gasteiger partial charge in [-0.25, -0.2) is 8.42 Å². The predicted octanol–water partition coefficient (Wildman–Crippen LogP) is 7.37. The van der Waals surface area contributed by atoms with Crippen molar-refractivity contribution >= 4 is 50.7 Å². The van der Waals surface area contributed by atoms with Crippen LogP contribution in [0.4, 0.5) is 5.69 Å². The molecule has 3 aromatic rings. The van der Waals surface area contributed by atoms with Gasteiger partial charge < -0.3 is 10.2 Å². The summed E-state index contributed by atoms with van der Waals surface area (Å²) in [4.78, 5) is 29.6. The molecule has 1 atom stereocenters. The molecule has 1 fully saturated rings. The lowest BCUT2D eigenvalue weighted by atomic mass is 9.95. The van der Waals surface area contributed by atoms with Gasteiger partial charge in [0.25, 0.3) is 10.0 Å². The van der Waals surface area contributed by atoms with Gasteiger partial charge in [-0.2, -0.15) is 0 Å². The molecular formula is C34H41Cl2N3O4S. The number of nitrogens with zero attached hydrogens (tertiary/aromatic N) is 2. The van der Waals surface area contributed by atoms with Crippen LogP contribution >= 0.6 is 23.2 Å². The second-order valence-corrected chi connectivity index (χ2v) is 14.4. The molecule has 0 unspecified atom stereocenters. The van der Waals surface area contributed by atoms with Crippen LogP contribution in [0.25, 0.3) is 0 Å². The monoisotopic (exact) mass is 657 g/mol. The van der Waals surface area contributed by atoms with Crippen LogP contribution in [0.3, 0.4) is 0 Å². The van der Waals surface area contributed by atoms with Gasteiger partial charge in [0.1, 0.15) is 12.6 Å². The Labute approximate surface area is 271 Å². The Morgan fingerprint density at radius 2 is 1.50 bits per heavy atom. The molecule has 0 heterocycles. The fourth-order valence-corrected chi connectivity index (χ4v) is 7.48. The zero-order chi connectivity index (χ0) is 32.0. The van der Waals surface area contributed by atoms with Gasteiger partial charge in [0, 0.05) is 12.6 Å². The smallest absolute Gasteiger partial charge is 0.264 e. The third kappa shape index (κ3) is 8.34. The number of hydrogen-bond donors (Lipinski definition) is 1. The summed E-state index contributed by atoms with van der Waals surface area (Å²) in [7, 11) is -4.15. The molecule has 1 saturated carbocycles. The summed E-state index contributed by atoms with van der Waals surface area (Å²) >= 11 is 12.5. The molecule has 44 heavy (non-hydrogen) atoms. The molecule has 7 nitrogen and oxygen atoms in total. The van der Waals surface area contributed by atoms with E-state index in [0.717, 1.165) is 53.1 Å². The Bertz CT molecular complexity index is 1570. The van der Waals surface area contributed by atoms with Crippen molar-refractivity contribution in [3.05, 3.63) is 93.0 Å². The number of rotatable bonds is 11. The van der Waals surface area contributed by atoms with E-state index in [2.05, 4.69) is 5.32 Å². The fourth-order valence-electron chi connectivity index (χ4n) is 5.76. The van der Waals surface area contributed by atoms with Crippen LogP contribution in [0, 0.1) is 20.8 Å². The Hall–Kier alpha value is -3.07. The minimum atomic E-state index is -4.15. The third-order valence-electron chi connectivity index (χ3n) is 8.06. The highest BCUT2D eigenvalue weighted by Crippen LogP contribution is 2.28. The molecule has 0 aliphatic heterocycles. The number of amides is 2. The van der Waals surface area contributed by atoms with Crippen molar-refractivity contribution in [1.29, 1.82) is 0 Å². The molecule has 1 N–H and O–H groups in total. The first-order valence-electron chi connectivity index (χ1n) is 15.1. The number of halogens is 2. The highest BCUT2D eigenvalue weighted by Gasteiger charge is 2.34. The first-order chi connectivity index (χ1) is 20.9. The van der Waals surface area contributed by atoms with E-state index in [1.807, 2.05) is 33.8 Å². The van der Waals surface area contributed by atoms with E-state index >= 15 is 0 Å². The van der Waals surface area contributed by atoms with Gasteiger partial charge in [-0.05, 0) is 93.1 Å². The van der Waals surface area contributed by atoms with Gasteiger partial charge in [0.05, 0.1) is 20.6 Å². The van der Waals surface area contributed by atoms with E-state index in [-0.39, 0.29) is 23.4 Å². The summed E-state index contributed by atoms with van der Waals surface area (Å²) in [6.45, 7) is 7.06. The average Bonchev–Trinajstić information content (AvgIpc) is 2.97. The maximum atomic E-state index is 14.4. The van der Waals surface area contributed by atoms with E-state index in [4.69, 9.17) is 23.2 Å². The number of anilines is 1. The minimum Gasteiger partial charge on any atom is -0.352 e. The predicted molar refractivity (Wildman–Crippen MR) is 178 cm³/mol. The van der Waals surface area contributed by atoms with Crippen molar-refractivity contribution in [3.63, 3.8) is 0 Å². The molecule has 0 spiro atoms. The Morgan fingerprint density at radius 1 is 0.864 bits per heavy atom.